The summed E-state index contributed by atoms with van der Waals surface area (Å²) < 4.78 is 5.49. The first-order chi connectivity index (χ1) is 8.01. The lowest BCUT2D eigenvalue weighted by molar-refractivity contribution is -0.154. The lowest BCUT2D eigenvalue weighted by Crippen LogP contribution is -2.41. The van der Waals surface area contributed by atoms with Gasteiger partial charge < -0.3 is 9.84 Å². The molecule has 1 N–H and O–H groups in total. The van der Waals surface area contributed by atoms with Gasteiger partial charge in [-0.3, -0.25) is 4.79 Å². The van der Waals surface area contributed by atoms with Crippen LogP contribution in [0.15, 0.2) is 24.3 Å². The molecule has 0 aromatic heterocycles. The van der Waals surface area contributed by atoms with Crippen LogP contribution in [-0.2, 0) is 4.79 Å². The highest BCUT2D eigenvalue weighted by Gasteiger charge is 2.34. The third-order valence-electron chi connectivity index (χ3n) is 2.54. The van der Waals surface area contributed by atoms with Crippen molar-refractivity contribution in [3.63, 3.8) is 0 Å². The van der Waals surface area contributed by atoms with Gasteiger partial charge in [-0.25, -0.2) is 4.79 Å². The zero-order chi connectivity index (χ0) is 12.9. The smallest absolute Gasteiger partial charge is 0.347 e. The average Bonchev–Trinajstić information content (AvgIpc) is 2.30. The van der Waals surface area contributed by atoms with Gasteiger partial charge >= 0.3 is 5.97 Å². The number of aldehydes is 1. The molecule has 1 rings (SSSR count). The highest BCUT2D eigenvalue weighted by Crippen LogP contribution is 2.23. The van der Waals surface area contributed by atoms with Crippen molar-refractivity contribution < 1.29 is 19.4 Å². The normalized spacial score (nSPS) is 13.8. The maximum atomic E-state index is 11.2. The molecule has 0 fully saturated rings. The van der Waals surface area contributed by atoms with Crippen LogP contribution in [-0.4, -0.2) is 23.0 Å². The number of ether oxygens (including phenoxy) is 1. The molecule has 1 aromatic rings. The van der Waals surface area contributed by atoms with Crippen molar-refractivity contribution in [3.05, 3.63) is 29.8 Å². The molecule has 0 heterocycles. The van der Waals surface area contributed by atoms with Crippen LogP contribution in [0.5, 0.6) is 5.75 Å². The average molecular weight is 236 g/mol. The Morgan fingerprint density at radius 2 is 2.00 bits per heavy atom. The van der Waals surface area contributed by atoms with Crippen LogP contribution in [0.2, 0.25) is 0 Å². The summed E-state index contributed by atoms with van der Waals surface area (Å²) in [5, 5.41) is 9.14. The van der Waals surface area contributed by atoms with Gasteiger partial charge in [-0.1, -0.05) is 13.3 Å². The molecule has 92 valence electrons. The van der Waals surface area contributed by atoms with Gasteiger partial charge in [0.1, 0.15) is 12.0 Å². The Kier molecular flexibility index (Phi) is 4.26. The van der Waals surface area contributed by atoms with Crippen molar-refractivity contribution in [1.29, 1.82) is 0 Å². The van der Waals surface area contributed by atoms with E-state index >= 15 is 0 Å². The van der Waals surface area contributed by atoms with Crippen LogP contribution in [0.1, 0.15) is 37.0 Å². The van der Waals surface area contributed by atoms with Crippen LogP contribution >= 0.6 is 0 Å². The van der Waals surface area contributed by atoms with E-state index in [1.54, 1.807) is 31.2 Å². The van der Waals surface area contributed by atoms with Crippen molar-refractivity contribution in [1.82, 2.24) is 0 Å². The molecule has 0 radical (unpaired) electrons. The van der Waals surface area contributed by atoms with Gasteiger partial charge in [-0.05, 0) is 37.6 Å². The van der Waals surface area contributed by atoms with Crippen molar-refractivity contribution in [2.45, 2.75) is 32.3 Å². The molecule has 4 heteroatoms. The molecule has 0 aliphatic heterocycles. The summed E-state index contributed by atoms with van der Waals surface area (Å²) in [7, 11) is 0. The number of carboxylic acid groups (broad SMARTS) is 1. The van der Waals surface area contributed by atoms with E-state index in [1.807, 2.05) is 6.92 Å². The summed E-state index contributed by atoms with van der Waals surface area (Å²) in [6, 6.07) is 6.38. The first-order valence-corrected chi connectivity index (χ1v) is 5.49. The van der Waals surface area contributed by atoms with Gasteiger partial charge in [0.05, 0.1) is 0 Å². The minimum atomic E-state index is -1.22. The predicted molar refractivity (Wildman–Crippen MR) is 63.4 cm³/mol. The molecule has 0 saturated heterocycles. The Hall–Kier alpha value is -1.84. The Labute approximate surface area is 100 Å². The van der Waals surface area contributed by atoms with E-state index in [9.17, 15) is 9.59 Å². The zero-order valence-corrected chi connectivity index (χ0v) is 9.97. The highest BCUT2D eigenvalue weighted by atomic mass is 16.5. The Morgan fingerprint density at radius 1 is 1.41 bits per heavy atom. The Balaban J connectivity index is 2.85. The van der Waals surface area contributed by atoms with Crippen molar-refractivity contribution >= 4 is 12.3 Å². The summed E-state index contributed by atoms with van der Waals surface area (Å²) in [5.74, 6) is -0.534. The third-order valence-corrected chi connectivity index (χ3v) is 2.54. The number of benzene rings is 1. The molecule has 0 bridgehead atoms. The SMILES string of the molecule is CCCC(C)(Oc1ccc(C=O)cc1)C(=O)O. The van der Waals surface area contributed by atoms with E-state index < -0.39 is 11.6 Å². The summed E-state index contributed by atoms with van der Waals surface area (Å²) in [6.07, 6.45) is 1.87. The van der Waals surface area contributed by atoms with E-state index in [0.717, 1.165) is 12.7 Å². The Morgan fingerprint density at radius 3 is 2.41 bits per heavy atom. The van der Waals surface area contributed by atoms with Crippen molar-refractivity contribution in [3.8, 4) is 5.75 Å². The van der Waals surface area contributed by atoms with E-state index in [-0.39, 0.29) is 0 Å². The van der Waals surface area contributed by atoms with Gasteiger partial charge in [0.2, 0.25) is 5.60 Å². The fraction of sp³-hybridized carbons (Fsp3) is 0.385. The van der Waals surface area contributed by atoms with Gasteiger partial charge in [0, 0.05) is 5.56 Å². The quantitative estimate of drug-likeness (QED) is 0.771. The summed E-state index contributed by atoms with van der Waals surface area (Å²) in [5.41, 5.74) is -0.692. The molecule has 0 saturated carbocycles. The van der Waals surface area contributed by atoms with Crippen molar-refractivity contribution in [2.75, 3.05) is 0 Å². The summed E-state index contributed by atoms with van der Waals surface area (Å²) >= 11 is 0. The predicted octanol–water partition coefficient (Wildman–Crippen LogP) is 2.52. The summed E-state index contributed by atoms with van der Waals surface area (Å²) in [6.45, 7) is 3.45. The van der Waals surface area contributed by atoms with E-state index in [1.165, 1.54) is 0 Å². The standard InChI is InChI=1S/C13H16O4/c1-3-8-13(2,12(15)16)17-11-6-4-10(9-14)5-7-11/h4-7,9H,3,8H2,1-2H3,(H,15,16). The molecule has 0 aliphatic carbocycles. The molecular weight excluding hydrogens is 220 g/mol. The van der Waals surface area contributed by atoms with Crippen LogP contribution in [0, 0.1) is 0 Å². The largest absolute Gasteiger partial charge is 0.478 e. The number of carboxylic acids is 1. The number of carbonyl (C=O) groups excluding carboxylic acids is 1. The van der Waals surface area contributed by atoms with Gasteiger partial charge in [0.25, 0.3) is 0 Å². The van der Waals surface area contributed by atoms with Crippen LogP contribution in [0.3, 0.4) is 0 Å². The number of aliphatic carboxylic acids is 1. The molecule has 1 unspecified atom stereocenters. The highest BCUT2D eigenvalue weighted by molar-refractivity contribution is 5.77. The number of hydrogen-bond donors (Lipinski definition) is 1. The molecular formula is C13H16O4. The maximum absolute atomic E-state index is 11.2. The molecule has 4 nitrogen and oxygen atoms in total. The minimum absolute atomic E-state index is 0.428. The van der Waals surface area contributed by atoms with Gasteiger partial charge in [0.15, 0.2) is 0 Å². The second kappa shape index (κ2) is 5.48. The number of carbonyl (C=O) groups is 2. The zero-order valence-electron chi connectivity index (χ0n) is 9.97. The molecule has 0 amide bonds. The van der Waals surface area contributed by atoms with Crippen molar-refractivity contribution in [2.24, 2.45) is 0 Å². The second-order valence-corrected chi connectivity index (χ2v) is 4.07. The van der Waals surface area contributed by atoms with Gasteiger partial charge in [-0.2, -0.15) is 0 Å². The van der Waals surface area contributed by atoms with E-state index in [2.05, 4.69) is 0 Å². The minimum Gasteiger partial charge on any atom is -0.478 e. The van der Waals surface area contributed by atoms with E-state index in [4.69, 9.17) is 9.84 Å². The Bertz CT molecular complexity index is 396. The topological polar surface area (TPSA) is 63.6 Å². The first-order valence-electron chi connectivity index (χ1n) is 5.49. The van der Waals surface area contributed by atoms with Gasteiger partial charge in [-0.15, -0.1) is 0 Å². The molecule has 1 atom stereocenters. The lowest BCUT2D eigenvalue weighted by Gasteiger charge is -2.25. The monoisotopic (exact) mass is 236 g/mol. The molecule has 17 heavy (non-hydrogen) atoms. The second-order valence-electron chi connectivity index (χ2n) is 4.07. The van der Waals surface area contributed by atoms with Crippen LogP contribution in [0.4, 0.5) is 0 Å². The van der Waals surface area contributed by atoms with Crippen LogP contribution in [0.25, 0.3) is 0 Å². The van der Waals surface area contributed by atoms with Crippen LogP contribution < -0.4 is 4.74 Å². The number of hydrogen-bond acceptors (Lipinski definition) is 3. The maximum Gasteiger partial charge on any atom is 0.347 e. The summed E-state index contributed by atoms with van der Waals surface area (Å²) in [4.78, 5) is 21.6. The van der Waals surface area contributed by atoms with E-state index in [0.29, 0.717) is 17.7 Å². The molecule has 0 spiro atoms. The molecule has 1 aromatic carbocycles. The fourth-order valence-electron chi connectivity index (χ4n) is 1.55. The first kappa shape index (κ1) is 13.2. The molecule has 0 aliphatic rings. The third kappa shape index (κ3) is 3.31. The fourth-order valence-corrected chi connectivity index (χ4v) is 1.55. The lowest BCUT2D eigenvalue weighted by atomic mass is 10.0. The number of rotatable bonds is 6.